The minimum absolute atomic E-state index is 0.0732. The number of nitrogens with zero attached hydrogens (tertiary/aromatic N) is 1. The van der Waals surface area contributed by atoms with Gasteiger partial charge in [0.1, 0.15) is 0 Å². The molecule has 8 heteroatoms. The molecule has 0 aromatic heterocycles. The van der Waals surface area contributed by atoms with Gasteiger partial charge in [0, 0.05) is 13.1 Å². The van der Waals surface area contributed by atoms with E-state index in [-0.39, 0.29) is 10.6 Å². The Morgan fingerprint density at radius 3 is 2.14 bits per heavy atom. The monoisotopic (exact) mass is 422 g/mol. The van der Waals surface area contributed by atoms with E-state index in [1.165, 1.54) is 16.4 Å². The predicted molar refractivity (Wildman–Crippen MR) is 114 cm³/mol. The minimum Gasteiger partial charge on any atom is -0.280 e. The molecule has 152 valence electrons. The van der Waals surface area contributed by atoms with Crippen molar-refractivity contribution in [1.29, 1.82) is 0 Å². The van der Waals surface area contributed by atoms with E-state index in [9.17, 15) is 16.8 Å². The summed E-state index contributed by atoms with van der Waals surface area (Å²) < 4.78 is 54.4. The maximum atomic E-state index is 12.8. The highest BCUT2D eigenvalue weighted by Crippen LogP contribution is 2.27. The lowest BCUT2D eigenvalue weighted by molar-refractivity contribution is 0.445. The third-order valence-corrected chi connectivity index (χ3v) is 7.50. The van der Waals surface area contributed by atoms with Gasteiger partial charge in [0.15, 0.2) is 0 Å². The van der Waals surface area contributed by atoms with Crippen molar-refractivity contribution in [1.82, 2.24) is 4.31 Å². The summed E-state index contributed by atoms with van der Waals surface area (Å²) >= 11 is 0. The second-order valence-electron chi connectivity index (χ2n) is 6.36. The third-order valence-electron chi connectivity index (χ3n) is 4.48. The van der Waals surface area contributed by atoms with Gasteiger partial charge < -0.3 is 0 Å². The lowest BCUT2D eigenvalue weighted by Crippen LogP contribution is -2.30. The summed E-state index contributed by atoms with van der Waals surface area (Å²) in [6.45, 7) is 7.72. The quantitative estimate of drug-likeness (QED) is 0.702. The molecule has 2 rings (SSSR count). The topological polar surface area (TPSA) is 83.6 Å². The molecular formula is C20H26N2O4S2. The Labute approximate surface area is 168 Å². The van der Waals surface area contributed by atoms with Gasteiger partial charge in [0.05, 0.1) is 16.0 Å². The molecule has 0 heterocycles. The van der Waals surface area contributed by atoms with Crippen molar-refractivity contribution < 1.29 is 16.8 Å². The number of nitrogens with one attached hydrogen (secondary N) is 1. The SMILES string of the molecule is CCN(CC)S(=O)(=O)c1cc(C)c(C)c(NS(=O)(=O)/C=C/c2ccccc2)c1. The molecule has 0 aliphatic heterocycles. The number of rotatable bonds is 8. The minimum atomic E-state index is -3.80. The molecule has 6 nitrogen and oxygen atoms in total. The number of sulfonamides is 2. The van der Waals surface area contributed by atoms with Gasteiger partial charge in [-0.2, -0.15) is 4.31 Å². The molecule has 0 radical (unpaired) electrons. The van der Waals surface area contributed by atoms with Crippen LogP contribution in [0.2, 0.25) is 0 Å². The average Bonchev–Trinajstić information content (AvgIpc) is 2.65. The fraction of sp³-hybridized carbons (Fsp3) is 0.300. The molecule has 0 spiro atoms. The fourth-order valence-corrected chi connectivity index (χ4v) is 5.21. The molecular weight excluding hydrogens is 396 g/mol. The van der Waals surface area contributed by atoms with E-state index in [1.807, 2.05) is 18.2 Å². The summed E-state index contributed by atoms with van der Waals surface area (Å²) in [5.74, 6) is 0. The van der Waals surface area contributed by atoms with Crippen LogP contribution in [0, 0.1) is 13.8 Å². The van der Waals surface area contributed by atoms with Crippen LogP contribution in [0.25, 0.3) is 6.08 Å². The highest BCUT2D eigenvalue weighted by molar-refractivity contribution is 7.95. The van der Waals surface area contributed by atoms with Crippen LogP contribution in [0.5, 0.6) is 0 Å². The zero-order valence-electron chi connectivity index (χ0n) is 16.5. The van der Waals surface area contributed by atoms with Gasteiger partial charge in [-0.25, -0.2) is 16.8 Å². The number of hydrogen-bond acceptors (Lipinski definition) is 4. The van der Waals surface area contributed by atoms with Crippen molar-refractivity contribution >= 4 is 31.8 Å². The molecule has 0 aliphatic rings. The van der Waals surface area contributed by atoms with Crippen molar-refractivity contribution in [3.8, 4) is 0 Å². The van der Waals surface area contributed by atoms with E-state index in [0.717, 1.165) is 11.0 Å². The maximum Gasteiger partial charge on any atom is 0.255 e. The molecule has 1 N–H and O–H groups in total. The largest absolute Gasteiger partial charge is 0.280 e. The molecule has 0 amide bonds. The first-order chi connectivity index (χ1) is 13.1. The van der Waals surface area contributed by atoms with Crippen LogP contribution in [0.1, 0.15) is 30.5 Å². The van der Waals surface area contributed by atoms with Crippen molar-refractivity contribution in [2.24, 2.45) is 0 Å². The maximum absolute atomic E-state index is 12.8. The number of hydrogen-bond donors (Lipinski definition) is 1. The standard InChI is InChI=1S/C20H26N2O4S2/c1-5-22(6-2)28(25,26)19-14-16(3)17(4)20(15-19)21-27(23,24)13-12-18-10-8-7-9-11-18/h7-15,21H,5-6H2,1-4H3/b13-12+. The third kappa shape index (κ3) is 5.21. The lowest BCUT2D eigenvalue weighted by atomic mass is 10.1. The van der Waals surface area contributed by atoms with Crippen LogP contribution in [-0.4, -0.2) is 34.2 Å². The summed E-state index contributed by atoms with van der Waals surface area (Å²) in [6.07, 6.45) is 1.49. The van der Waals surface area contributed by atoms with E-state index in [4.69, 9.17) is 0 Å². The van der Waals surface area contributed by atoms with Gasteiger partial charge in [0.25, 0.3) is 10.0 Å². The molecule has 0 unspecified atom stereocenters. The van der Waals surface area contributed by atoms with Gasteiger partial charge in [-0.15, -0.1) is 0 Å². The van der Waals surface area contributed by atoms with E-state index >= 15 is 0 Å². The number of anilines is 1. The Morgan fingerprint density at radius 1 is 0.964 bits per heavy atom. The normalized spacial score (nSPS) is 12.6. The van der Waals surface area contributed by atoms with Crippen LogP contribution < -0.4 is 4.72 Å². The van der Waals surface area contributed by atoms with Crippen LogP contribution in [-0.2, 0) is 20.0 Å². The second-order valence-corrected chi connectivity index (χ2v) is 9.87. The summed E-state index contributed by atoms with van der Waals surface area (Å²) in [7, 11) is -7.50. The van der Waals surface area contributed by atoms with Crippen molar-refractivity contribution in [3.05, 3.63) is 64.6 Å². The fourth-order valence-electron chi connectivity index (χ4n) is 2.71. The predicted octanol–water partition coefficient (Wildman–Crippen LogP) is 3.75. The summed E-state index contributed by atoms with van der Waals surface area (Å²) in [6, 6.07) is 12.0. The first-order valence-corrected chi connectivity index (χ1v) is 12.0. The van der Waals surface area contributed by atoms with Gasteiger partial charge in [-0.05, 0) is 48.7 Å². The highest BCUT2D eigenvalue weighted by atomic mass is 32.2. The Balaban J connectivity index is 2.41. The second kappa shape index (κ2) is 8.89. The first-order valence-electron chi connectivity index (χ1n) is 8.98. The van der Waals surface area contributed by atoms with Crippen molar-refractivity contribution in [3.63, 3.8) is 0 Å². The van der Waals surface area contributed by atoms with Crippen LogP contribution in [0.4, 0.5) is 5.69 Å². The summed E-state index contributed by atoms with van der Waals surface area (Å²) in [5.41, 5.74) is 2.37. The molecule has 2 aromatic rings. The van der Waals surface area contributed by atoms with Crippen LogP contribution in [0.3, 0.4) is 0 Å². The Bertz CT molecular complexity index is 1060. The van der Waals surface area contributed by atoms with Gasteiger partial charge in [-0.1, -0.05) is 44.2 Å². The summed E-state index contributed by atoms with van der Waals surface area (Å²) in [5, 5.41) is 1.07. The average molecular weight is 423 g/mol. The number of benzene rings is 2. The zero-order valence-corrected chi connectivity index (χ0v) is 18.1. The molecule has 0 saturated carbocycles. The molecule has 0 saturated heterocycles. The number of aryl methyl sites for hydroxylation is 1. The Morgan fingerprint density at radius 2 is 1.57 bits per heavy atom. The molecule has 0 fully saturated rings. The zero-order chi connectivity index (χ0) is 20.9. The van der Waals surface area contributed by atoms with Gasteiger partial charge >= 0.3 is 0 Å². The lowest BCUT2D eigenvalue weighted by Gasteiger charge is -2.20. The van der Waals surface area contributed by atoms with Crippen LogP contribution >= 0.6 is 0 Å². The van der Waals surface area contributed by atoms with E-state index in [2.05, 4.69) is 4.72 Å². The Kier molecular flexibility index (Phi) is 7.03. The van der Waals surface area contributed by atoms with E-state index in [0.29, 0.717) is 24.2 Å². The van der Waals surface area contributed by atoms with Crippen LogP contribution in [0.15, 0.2) is 52.8 Å². The van der Waals surface area contributed by atoms with Gasteiger partial charge in [-0.3, -0.25) is 4.72 Å². The molecule has 0 bridgehead atoms. The van der Waals surface area contributed by atoms with E-state index in [1.54, 1.807) is 45.9 Å². The smallest absolute Gasteiger partial charge is 0.255 e. The summed E-state index contributed by atoms with van der Waals surface area (Å²) in [4.78, 5) is 0.0732. The van der Waals surface area contributed by atoms with Crippen molar-refractivity contribution in [2.75, 3.05) is 17.8 Å². The van der Waals surface area contributed by atoms with Crippen molar-refractivity contribution in [2.45, 2.75) is 32.6 Å². The van der Waals surface area contributed by atoms with E-state index < -0.39 is 20.0 Å². The Hall–Kier alpha value is -2.16. The molecule has 28 heavy (non-hydrogen) atoms. The highest BCUT2D eigenvalue weighted by Gasteiger charge is 2.23. The van der Waals surface area contributed by atoms with Gasteiger partial charge in [0.2, 0.25) is 10.0 Å². The molecule has 2 aromatic carbocycles. The first kappa shape index (κ1) is 22.1. The molecule has 0 atom stereocenters. The molecule has 0 aliphatic carbocycles.